The molecule has 1 atom stereocenters. The van der Waals surface area contributed by atoms with Gasteiger partial charge in [0.1, 0.15) is 6.17 Å². The minimum atomic E-state index is -1.95. The fourth-order valence-electron chi connectivity index (χ4n) is 2.46. The topological polar surface area (TPSA) is 79.5 Å². The molecule has 0 aliphatic rings. The van der Waals surface area contributed by atoms with Crippen LogP contribution in [0.5, 0.6) is 0 Å². The summed E-state index contributed by atoms with van der Waals surface area (Å²) >= 11 is 35.2. The van der Waals surface area contributed by atoms with Gasteiger partial charge < -0.3 is 20.7 Å². The first-order chi connectivity index (χ1) is 15.5. The van der Waals surface area contributed by atoms with Gasteiger partial charge in [-0.15, -0.1) is 0 Å². The van der Waals surface area contributed by atoms with Crippen molar-refractivity contribution in [2.24, 2.45) is 0 Å². The number of rotatable bonds is 8. The summed E-state index contributed by atoms with van der Waals surface area (Å²) in [7, 11) is 0. The van der Waals surface area contributed by atoms with E-state index in [1.807, 2.05) is 6.92 Å². The Balaban J connectivity index is 2.01. The Kier molecular flexibility index (Phi) is 10.8. The van der Waals surface area contributed by atoms with Crippen molar-refractivity contribution in [1.82, 2.24) is 10.6 Å². The molecule has 0 spiro atoms. The van der Waals surface area contributed by atoms with Crippen LogP contribution in [0, 0.1) is 0 Å². The minimum absolute atomic E-state index is 0.0621. The average molecular weight is 572 g/mol. The fourth-order valence-corrected chi connectivity index (χ4v) is 3.52. The van der Waals surface area contributed by atoms with E-state index in [0.717, 1.165) is 12.8 Å². The van der Waals surface area contributed by atoms with Crippen LogP contribution < -0.4 is 16.0 Å². The molecule has 12 heteroatoms. The Morgan fingerprint density at radius 1 is 1.06 bits per heavy atom. The SMILES string of the molecule is CCCCOC(=O)c1ccc(NC(=S)N[C@H](NC(=O)c2ccc(Cl)cc2Cl)C(Cl)(Cl)Cl)cc1. The lowest BCUT2D eigenvalue weighted by Crippen LogP contribution is -2.56. The number of benzene rings is 2. The second-order valence-corrected chi connectivity index (χ2v) is 10.4. The summed E-state index contributed by atoms with van der Waals surface area (Å²) in [5.41, 5.74) is 1.11. The number of thiocarbonyl (C=S) groups is 1. The summed E-state index contributed by atoms with van der Waals surface area (Å²) in [6.07, 6.45) is 0.536. The van der Waals surface area contributed by atoms with Gasteiger partial charge in [-0.05, 0) is 61.1 Å². The van der Waals surface area contributed by atoms with E-state index in [-0.39, 0.29) is 15.7 Å². The van der Waals surface area contributed by atoms with E-state index in [4.69, 9.17) is 75.0 Å². The number of esters is 1. The molecule has 2 aromatic rings. The van der Waals surface area contributed by atoms with Gasteiger partial charge in [-0.2, -0.15) is 0 Å². The van der Waals surface area contributed by atoms with Crippen molar-refractivity contribution in [2.45, 2.75) is 29.7 Å². The van der Waals surface area contributed by atoms with Crippen molar-refractivity contribution in [3.63, 3.8) is 0 Å². The van der Waals surface area contributed by atoms with E-state index in [0.29, 0.717) is 22.9 Å². The molecule has 1 amide bonds. The summed E-state index contributed by atoms with van der Waals surface area (Å²) in [5.74, 6) is -1.01. The zero-order chi connectivity index (χ0) is 24.6. The number of unbranched alkanes of at least 4 members (excludes halogenated alkanes) is 1. The molecule has 0 heterocycles. The first-order valence-electron chi connectivity index (χ1n) is 9.68. The number of amides is 1. The van der Waals surface area contributed by atoms with Crippen LogP contribution in [0.2, 0.25) is 10.0 Å². The normalized spacial score (nSPS) is 11.9. The van der Waals surface area contributed by atoms with Gasteiger partial charge in [0.2, 0.25) is 3.79 Å². The molecule has 0 bridgehead atoms. The summed E-state index contributed by atoms with van der Waals surface area (Å²) in [4.78, 5) is 24.6. The first kappa shape index (κ1) is 27.8. The number of ether oxygens (including phenoxy) is 1. The van der Waals surface area contributed by atoms with Crippen LogP contribution >= 0.6 is 70.2 Å². The number of alkyl halides is 3. The molecule has 2 rings (SSSR count). The van der Waals surface area contributed by atoms with Gasteiger partial charge >= 0.3 is 5.97 Å². The van der Waals surface area contributed by atoms with Crippen LogP contribution in [-0.4, -0.2) is 33.6 Å². The van der Waals surface area contributed by atoms with Gasteiger partial charge in [0.05, 0.1) is 22.8 Å². The molecule has 33 heavy (non-hydrogen) atoms. The van der Waals surface area contributed by atoms with Crippen LogP contribution in [0.25, 0.3) is 0 Å². The van der Waals surface area contributed by atoms with Gasteiger partial charge in [-0.1, -0.05) is 71.3 Å². The summed E-state index contributed by atoms with van der Waals surface area (Å²) < 4.78 is 3.22. The number of hydrogen-bond acceptors (Lipinski definition) is 4. The lowest BCUT2D eigenvalue weighted by molar-refractivity contribution is 0.0499. The van der Waals surface area contributed by atoms with Gasteiger partial charge in [-0.3, -0.25) is 4.79 Å². The average Bonchev–Trinajstić information content (AvgIpc) is 2.73. The Morgan fingerprint density at radius 3 is 2.30 bits per heavy atom. The highest BCUT2D eigenvalue weighted by Gasteiger charge is 2.35. The molecule has 2 aromatic carbocycles. The third-order valence-electron chi connectivity index (χ3n) is 4.16. The maximum Gasteiger partial charge on any atom is 0.338 e. The Hall–Kier alpha value is -1.48. The number of carbonyl (C=O) groups is 2. The molecule has 0 fully saturated rings. The largest absolute Gasteiger partial charge is 0.462 e. The summed E-state index contributed by atoms with van der Waals surface area (Å²) in [5, 5.41) is 8.74. The Bertz CT molecular complexity index is 1000. The van der Waals surface area contributed by atoms with Crippen molar-refractivity contribution < 1.29 is 14.3 Å². The second kappa shape index (κ2) is 12.8. The molecule has 3 N–H and O–H groups in total. The molecule has 0 radical (unpaired) electrons. The smallest absolute Gasteiger partial charge is 0.338 e. The molecule has 0 unspecified atom stereocenters. The number of anilines is 1. The maximum atomic E-state index is 12.6. The highest BCUT2D eigenvalue weighted by Crippen LogP contribution is 2.30. The lowest BCUT2D eigenvalue weighted by atomic mass is 10.2. The van der Waals surface area contributed by atoms with Crippen LogP contribution in [0.1, 0.15) is 40.5 Å². The molecule has 0 aromatic heterocycles. The Morgan fingerprint density at radius 2 is 1.73 bits per heavy atom. The predicted octanol–water partition coefficient (Wildman–Crippen LogP) is 6.36. The van der Waals surface area contributed by atoms with E-state index in [9.17, 15) is 9.59 Å². The summed E-state index contributed by atoms with van der Waals surface area (Å²) in [6.45, 7) is 2.38. The predicted molar refractivity (Wildman–Crippen MR) is 139 cm³/mol. The summed E-state index contributed by atoms with van der Waals surface area (Å²) in [6, 6.07) is 10.8. The molecule has 0 aliphatic heterocycles. The van der Waals surface area contributed by atoms with Gasteiger partial charge in [0.15, 0.2) is 5.11 Å². The van der Waals surface area contributed by atoms with Crippen LogP contribution in [0.4, 0.5) is 5.69 Å². The molecule has 6 nitrogen and oxygen atoms in total. The van der Waals surface area contributed by atoms with Crippen molar-refractivity contribution in [3.05, 3.63) is 63.6 Å². The number of hydrogen-bond donors (Lipinski definition) is 3. The highest BCUT2D eigenvalue weighted by molar-refractivity contribution is 7.80. The van der Waals surface area contributed by atoms with Crippen molar-refractivity contribution in [3.8, 4) is 0 Å². The van der Waals surface area contributed by atoms with Gasteiger partial charge in [0, 0.05) is 10.7 Å². The lowest BCUT2D eigenvalue weighted by Gasteiger charge is -2.28. The van der Waals surface area contributed by atoms with Crippen molar-refractivity contribution in [1.29, 1.82) is 0 Å². The molecular formula is C21H20Cl5N3O3S. The highest BCUT2D eigenvalue weighted by atomic mass is 35.6. The van der Waals surface area contributed by atoms with Crippen LogP contribution in [-0.2, 0) is 4.74 Å². The van der Waals surface area contributed by atoms with E-state index >= 15 is 0 Å². The zero-order valence-electron chi connectivity index (χ0n) is 17.3. The fraction of sp³-hybridized carbons (Fsp3) is 0.286. The van der Waals surface area contributed by atoms with E-state index in [2.05, 4.69) is 16.0 Å². The second-order valence-electron chi connectivity index (χ2n) is 6.74. The van der Waals surface area contributed by atoms with Crippen LogP contribution in [0.15, 0.2) is 42.5 Å². The van der Waals surface area contributed by atoms with Gasteiger partial charge in [-0.25, -0.2) is 4.79 Å². The monoisotopic (exact) mass is 569 g/mol. The standard InChI is InChI=1S/C21H20Cl5N3O3S/c1-2-3-10-32-18(31)12-4-7-14(8-5-12)27-20(33)29-19(21(24,25)26)28-17(30)15-9-6-13(22)11-16(15)23/h4-9,11,19H,2-3,10H2,1H3,(H,28,30)(H2,27,29,33)/t19-/m0/s1. The van der Waals surface area contributed by atoms with Crippen molar-refractivity contribution >= 4 is 92.9 Å². The van der Waals surface area contributed by atoms with Gasteiger partial charge in [0.25, 0.3) is 5.91 Å². The molecule has 0 aliphatic carbocycles. The Labute approximate surface area is 222 Å². The quantitative estimate of drug-likeness (QED) is 0.112. The van der Waals surface area contributed by atoms with Crippen LogP contribution in [0.3, 0.4) is 0 Å². The minimum Gasteiger partial charge on any atom is -0.462 e. The van der Waals surface area contributed by atoms with E-state index < -0.39 is 21.8 Å². The maximum absolute atomic E-state index is 12.6. The molecule has 0 saturated heterocycles. The molecule has 178 valence electrons. The zero-order valence-corrected chi connectivity index (χ0v) is 21.9. The van der Waals surface area contributed by atoms with E-state index in [1.54, 1.807) is 24.3 Å². The number of carbonyl (C=O) groups excluding carboxylic acids is 2. The molecule has 0 saturated carbocycles. The number of halogens is 5. The van der Waals surface area contributed by atoms with Crippen molar-refractivity contribution in [2.75, 3.05) is 11.9 Å². The third-order valence-corrected chi connectivity index (χ3v) is 5.59. The third kappa shape index (κ3) is 9.00. The number of nitrogens with one attached hydrogen (secondary N) is 3. The van der Waals surface area contributed by atoms with E-state index in [1.165, 1.54) is 18.2 Å². The molecular weight excluding hydrogens is 552 g/mol. The first-order valence-corrected chi connectivity index (χ1v) is 12.0.